The van der Waals surface area contributed by atoms with Crippen LogP contribution in [0.2, 0.25) is 0 Å². The van der Waals surface area contributed by atoms with Crippen molar-refractivity contribution in [2.45, 2.75) is 25.6 Å². The lowest BCUT2D eigenvalue weighted by Crippen LogP contribution is -2.18. The van der Waals surface area contributed by atoms with Crippen LogP contribution in [0.3, 0.4) is 0 Å². The van der Waals surface area contributed by atoms with Crippen molar-refractivity contribution >= 4 is 5.69 Å². The third-order valence-corrected chi connectivity index (χ3v) is 2.67. The second-order valence-corrected chi connectivity index (χ2v) is 3.87. The zero-order chi connectivity index (χ0) is 10.5. The van der Waals surface area contributed by atoms with Crippen molar-refractivity contribution in [3.05, 3.63) is 29.8 Å². The third-order valence-electron chi connectivity index (χ3n) is 2.67. The molecule has 0 aromatic heterocycles. The predicted molar refractivity (Wildman–Crippen MR) is 59.8 cm³/mol. The van der Waals surface area contributed by atoms with E-state index in [4.69, 9.17) is 9.84 Å². The molecular formula is C12H17NO2. The van der Waals surface area contributed by atoms with E-state index in [9.17, 15) is 0 Å². The minimum atomic E-state index is 0.0927. The molecule has 0 radical (unpaired) electrons. The first-order valence-corrected chi connectivity index (χ1v) is 5.44. The summed E-state index contributed by atoms with van der Waals surface area (Å²) in [6.07, 6.45) is 2.66. The van der Waals surface area contributed by atoms with Crippen LogP contribution in [-0.2, 0) is 11.3 Å². The summed E-state index contributed by atoms with van der Waals surface area (Å²) < 4.78 is 5.52. The topological polar surface area (TPSA) is 41.5 Å². The van der Waals surface area contributed by atoms with Gasteiger partial charge in [-0.15, -0.1) is 0 Å². The van der Waals surface area contributed by atoms with Gasteiger partial charge in [-0.2, -0.15) is 0 Å². The Kier molecular flexibility index (Phi) is 3.59. The lowest BCUT2D eigenvalue weighted by molar-refractivity contribution is 0.120. The van der Waals surface area contributed by atoms with E-state index in [1.54, 1.807) is 0 Å². The van der Waals surface area contributed by atoms with Crippen molar-refractivity contribution in [1.82, 2.24) is 0 Å². The molecule has 1 aliphatic rings. The number of hydrogen-bond acceptors (Lipinski definition) is 3. The minimum absolute atomic E-state index is 0.0927. The summed E-state index contributed by atoms with van der Waals surface area (Å²) in [6, 6.07) is 7.84. The molecule has 3 nitrogen and oxygen atoms in total. The highest BCUT2D eigenvalue weighted by Crippen LogP contribution is 2.15. The summed E-state index contributed by atoms with van der Waals surface area (Å²) in [5, 5.41) is 12.3. The van der Waals surface area contributed by atoms with Gasteiger partial charge in [0, 0.05) is 18.8 Å². The molecule has 1 aromatic carbocycles. The second-order valence-electron chi connectivity index (χ2n) is 3.87. The fourth-order valence-electron chi connectivity index (χ4n) is 1.82. The van der Waals surface area contributed by atoms with Crippen molar-refractivity contribution in [2.75, 3.05) is 18.5 Å². The van der Waals surface area contributed by atoms with Crippen molar-refractivity contribution in [3.63, 3.8) is 0 Å². The second kappa shape index (κ2) is 5.14. The summed E-state index contributed by atoms with van der Waals surface area (Å²) in [6.45, 7) is 1.84. The van der Waals surface area contributed by atoms with Crippen molar-refractivity contribution < 1.29 is 9.84 Å². The van der Waals surface area contributed by atoms with Crippen LogP contribution in [0.4, 0.5) is 5.69 Å². The van der Waals surface area contributed by atoms with Gasteiger partial charge in [-0.05, 0) is 30.5 Å². The molecule has 0 aliphatic carbocycles. The number of hydrogen-bond donors (Lipinski definition) is 2. The van der Waals surface area contributed by atoms with Gasteiger partial charge in [-0.1, -0.05) is 12.1 Å². The highest BCUT2D eigenvalue weighted by Gasteiger charge is 2.14. The first-order valence-electron chi connectivity index (χ1n) is 5.44. The molecule has 1 aliphatic heterocycles. The summed E-state index contributed by atoms with van der Waals surface area (Å²) in [5.74, 6) is 0. The van der Waals surface area contributed by atoms with Gasteiger partial charge in [0.15, 0.2) is 0 Å². The van der Waals surface area contributed by atoms with Crippen LogP contribution in [0.25, 0.3) is 0 Å². The lowest BCUT2D eigenvalue weighted by atomic mass is 10.2. The Morgan fingerprint density at radius 2 is 2.40 bits per heavy atom. The van der Waals surface area contributed by atoms with Gasteiger partial charge >= 0.3 is 0 Å². The maximum atomic E-state index is 8.99. The Labute approximate surface area is 90.1 Å². The fraction of sp³-hybridized carbons (Fsp3) is 0.500. The van der Waals surface area contributed by atoms with Gasteiger partial charge in [0.1, 0.15) is 0 Å². The number of nitrogens with one attached hydrogen (secondary N) is 1. The van der Waals surface area contributed by atoms with Crippen molar-refractivity contribution in [3.8, 4) is 0 Å². The molecule has 0 saturated carbocycles. The Balaban J connectivity index is 1.86. The molecule has 1 unspecified atom stereocenters. The van der Waals surface area contributed by atoms with Gasteiger partial charge in [-0.25, -0.2) is 0 Å². The van der Waals surface area contributed by atoms with Crippen LogP contribution in [0.1, 0.15) is 18.4 Å². The molecule has 3 heteroatoms. The molecule has 1 heterocycles. The van der Waals surface area contributed by atoms with E-state index in [1.165, 1.54) is 6.42 Å². The number of anilines is 1. The van der Waals surface area contributed by atoms with Gasteiger partial charge in [0.2, 0.25) is 0 Å². The molecule has 2 N–H and O–H groups in total. The molecule has 0 bridgehead atoms. The third kappa shape index (κ3) is 2.94. The Morgan fingerprint density at radius 1 is 1.47 bits per heavy atom. The normalized spacial score (nSPS) is 20.5. The van der Waals surface area contributed by atoms with E-state index >= 15 is 0 Å². The Hall–Kier alpha value is -1.06. The lowest BCUT2D eigenvalue weighted by Gasteiger charge is -2.12. The zero-order valence-corrected chi connectivity index (χ0v) is 8.78. The quantitative estimate of drug-likeness (QED) is 0.790. The molecule has 0 spiro atoms. The van der Waals surface area contributed by atoms with Crippen LogP contribution in [0.5, 0.6) is 0 Å². The largest absolute Gasteiger partial charge is 0.392 e. The summed E-state index contributed by atoms with van der Waals surface area (Å²) in [7, 11) is 0. The van der Waals surface area contributed by atoms with E-state index in [1.807, 2.05) is 24.3 Å². The molecule has 1 atom stereocenters. The molecule has 15 heavy (non-hydrogen) atoms. The predicted octanol–water partition coefficient (Wildman–Crippen LogP) is 1.77. The number of aliphatic hydroxyl groups is 1. The molecular weight excluding hydrogens is 190 g/mol. The smallest absolute Gasteiger partial charge is 0.0748 e. The first-order chi connectivity index (χ1) is 7.38. The Bertz CT molecular complexity index is 308. The zero-order valence-electron chi connectivity index (χ0n) is 8.78. The van der Waals surface area contributed by atoms with E-state index in [0.717, 1.165) is 30.8 Å². The minimum Gasteiger partial charge on any atom is -0.392 e. The SMILES string of the molecule is OCc1cccc(NCC2CCCO2)c1. The average molecular weight is 207 g/mol. The summed E-state index contributed by atoms with van der Waals surface area (Å²) >= 11 is 0. The average Bonchev–Trinajstić information content (AvgIpc) is 2.79. The molecule has 82 valence electrons. The van der Waals surface area contributed by atoms with Gasteiger partial charge in [0.25, 0.3) is 0 Å². The van der Waals surface area contributed by atoms with Crippen LogP contribution in [-0.4, -0.2) is 24.4 Å². The van der Waals surface area contributed by atoms with Crippen LogP contribution in [0, 0.1) is 0 Å². The fourth-order valence-corrected chi connectivity index (χ4v) is 1.82. The van der Waals surface area contributed by atoms with Crippen LogP contribution >= 0.6 is 0 Å². The molecule has 2 rings (SSSR count). The number of rotatable bonds is 4. The number of aliphatic hydroxyl groups excluding tert-OH is 1. The molecule has 1 saturated heterocycles. The highest BCUT2D eigenvalue weighted by atomic mass is 16.5. The molecule has 0 amide bonds. The number of benzene rings is 1. The highest BCUT2D eigenvalue weighted by molar-refractivity contribution is 5.45. The van der Waals surface area contributed by atoms with Gasteiger partial charge in [-0.3, -0.25) is 0 Å². The monoisotopic (exact) mass is 207 g/mol. The summed E-state index contributed by atoms with van der Waals surface area (Å²) in [4.78, 5) is 0. The standard InChI is InChI=1S/C12H17NO2/c14-9-10-3-1-4-11(7-10)13-8-12-5-2-6-15-12/h1,3-4,7,12-14H,2,5-6,8-9H2. The van der Waals surface area contributed by atoms with E-state index in [0.29, 0.717) is 6.10 Å². The maximum absolute atomic E-state index is 8.99. The van der Waals surface area contributed by atoms with Crippen LogP contribution < -0.4 is 5.32 Å². The maximum Gasteiger partial charge on any atom is 0.0748 e. The van der Waals surface area contributed by atoms with E-state index in [-0.39, 0.29) is 6.61 Å². The van der Waals surface area contributed by atoms with Crippen molar-refractivity contribution in [1.29, 1.82) is 0 Å². The van der Waals surface area contributed by atoms with Gasteiger partial charge < -0.3 is 15.2 Å². The number of ether oxygens (including phenoxy) is 1. The van der Waals surface area contributed by atoms with E-state index in [2.05, 4.69) is 5.32 Å². The van der Waals surface area contributed by atoms with Gasteiger partial charge in [0.05, 0.1) is 12.7 Å². The summed E-state index contributed by atoms with van der Waals surface area (Å²) in [5.41, 5.74) is 1.99. The molecule has 1 aromatic rings. The molecule has 1 fully saturated rings. The first kappa shape index (κ1) is 10.5. The van der Waals surface area contributed by atoms with Crippen molar-refractivity contribution in [2.24, 2.45) is 0 Å². The Morgan fingerprint density at radius 3 is 3.13 bits per heavy atom. The van der Waals surface area contributed by atoms with Crippen LogP contribution in [0.15, 0.2) is 24.3 Å². The van der Waals surface area contributed by atoms with E-state index < -0.39 is 0 Å².